The van der Waals surface area contributed by atoms with Gasteiger partial charge < -0.3 is 10.2 Å². The number of nitrogens with zero attached hydrogens (tertiary/aromatic N) is 3. The normalized spacial score (nSPS) is 15.4. The van der Waals surface area contributed by atoms with Crippen LogP contribution >= 0.6 is 0 Å². The van der Waals surface area contributed by atoms with Crippen molar-refractivity contribution in [3.8, 4) is 0 Å². The van der Waals surface area contributed by atoms with E-state index in [9.17, 15) is 4.79 Å². The van der Waals surface area contributed by atoms with Crippen LogP contribution in [-0.2, 0) is 5.41 Å². The fraction of sp³-hybridized carbons (Fsp3) is 0.476. The molecule has 5 heteroatoms. The number of hydrogen-bond donors (Lipinski definition) is 1. The number of hydrogen-bond acceptors (Lipinski definition) is 4. The summed E-state index contributed by atoms with van der Waals surface area (Å²) in [7, 11) is 0. The minimum atomic E-state index is -0.184. The smallest absolute Gasteiger partial charge is 0.258 e. The quantitative estimate of drug-likeness (QED) is 0.889. The van der Waals surface area contributed by atoms with Crippen molar-refractivity contribution in [3.05, 3.63) is 47.8 Å². The first-order chi connectivity index (χ1) is 12.4. The van der Waals surface area contributed by atoms with Gasteiger partial charge in [-0.1, -0.05) is 45.7 Å². The van der Waals surface area contributed by atoms with Crippen LogP contribution in [0.5, 0.6) is 0 Å². The molecule has 138 valence electrons. The van der Waals surface area contributed by atoms with Gasteiger partial charge in [0.1, 0.15) is 0 Å². The van der Waals surface area contributed by atoms with Crippen LogP contribution in [0.4, 0.5) is 11.6 Å². The van der Waals surface area contributed by atoms with Crippen LogP contribution in [-0.4, -0.2) is 29.0 Å². The van der Waals surface area contributed by atoms with Crippen molar-refractivity contribution in [2.45, 2.75) is 51.9 Å². The van der Waals surface area contributed by atoms with Crippen LogP contribution in [0.25, 0.3) is 0 Å². The highest BCUT2D eigenvalue weighted by molar-refractivity contribution is 6.03. The van der Waals surface area contributed by atoms with E-state index >= 15 is 0 Å². The molecule has 2 heterocycles. The molecule has 1 N–H and O–H groups in total. The van der Waals surface area contributed by atoms with Gasteiger partial charge >= 0.3 is 0 Å². The van der Waals surface area contributed by atoms with Crippen molar-refractivity contribution in [1.29, 1.82) is 0 Å². The Morgan fingerprint density at radius 1 is 0.962 bits per heavy atom. The van der Waals surface area contributed by atoms with Gasteiger partial charge in [0.2, 0.25) is 5.95 Å². The third kappa shape index (κ3) is 4.59. The Hall–Kier alpha value is -2.43. The van der Waals surface area contributed by atoms with Crippen molar-refractivity contribution >= 4 is 17.5 Å². The summed E-state index contributed by atoms with van der Waals surface area (Å²) in [6.45, 7) is 8.49. The minimum Gasteiger partial charge on any atom is -0.341 e. The summed E-state index contributed by atoms with van der Waals surface area (Å²) in [6, 6.07) is 7.97. The van der Waals surface area contributed by atoms with E-state index in [0.29, 0.717) is 5.56 Å². The first-order valence-electron chi connectivity index (χ1n) is 9.42. The third-order valence-electron chi connectivity index (χ3n) is 4.80. The monoisotopic (exact) mass is 352 g/mol. The highest BCUT2D eigenvalue weighted by atomic mass is 16.1. The molecule has 0 spiro atoms. The molecule has 1 fully saturated rings. The zero-order valence-electron chi connectivity index (χ0n) is 16.0. The zero-order valence-corrected chi connectivity index (χ0v) is 16.0. The Kier molecular flexibility index (Phi) is 5.55. The number of nitrogens with one attached hydrogen (secondary N) is 1. The molecule has 1 aromatic heterocycles. The molecule has 26 heavy (non-hydrogen) atoms. The van der Waals surface area contributed by atoms with Gasteiger partial charge in [-0.25, -0.2) is 9.97 Å². The molecular weight excluding hydrogens is 324 g/mol. The van der Waals surface area contributed by atoms with E-state index in [2.05, 4.69) is 53.1 Å². The molecule has 1 aliphatic heterocycles. The Morgan fingerprint density at radius 3 is 2.08 bits per heavy atom. The van der Waals surface area contributed by atoms with Crippen molar-refractivity contribution in [1.82, 2.24) is 9.97 Å². The topological polar surface area (TPSA) is 58.1 Å². The van der Waals surface area contributed by atoms with Crippen molar-refractivity contribution in [2.75, 3.05) is 23.3 Å². The van der Waals surface area contributed by atoms with E-state index in [-0.39, 0.29) is 11.3 Å². The summed E-state index contributed by atoms with van der Waals surface area (Å²) < 4.78 is 0. The lowest BCUT2D eigenvalue weighted by Crippen LogP contribution is -2.26. The maximum atomic E-state index is 12.4. The standard InChI is InChI=1S/C21H28N4O/c1-21(2,3)17-8-10-18(11-9-17)24-19(26)16-14-22-20(23-15-16)25-12-6-4-5-7-13-25/h8-11,14-15H,4-7,12-13H2,1-3H3,(H,24,26). The lowest BCUT2D eigenvalue weighted by Gasteiger charge is -2.20. The fourth-order valence-electron chi connectivity index (χ4n) is 3.13. The molecule has 0 bridgehead atoms. The molecule has 1 amide bonds. The van der Waals surface area contributed by atoms with Gasteiger partial charge in [-0.3, -0.25) is 4.79 Å². The van der Waals surface area contributed by atoms with Gasteiger partial charge in [-0.15, -0.1) is 0 Å². The molecular formula is C21H28N4O. The van der Waals surface area contributed by atoms with E-state index in [0.717, 1.165) is 24.7 Å². The Morgan fingerprint density at radius 2 is 1.54 bits per heavy atom. The van der Waals surface area contributed by atoms with E-state index in [1.807, 2.05) is 12.1 Å². The average molecular weight is 352 g/mol. The number of benzene rings is 1. The summed E-state index contributed by atoms with van der Waals surface area (Å²) in [5.41, 5.74) is 2.59. The van der Waals surface area contributed by atoms with Gasteiger partial charge in [0.15, 0.2) is 0 Å². The van der Waals surface area contributed by atoms with Crippen molar-refractivity contribution < 1.29 is 4.79 Å². The van der Waals surface area contributed by atoms with E-state index in [1.165, 1.54) is 31.2 Å². The van der Waals surface area contributed by atoms with Crippen molar-refractivity contribution in [3.63, 3.8) is 0 Å². The highest BCUT2D eigenvalue weighted by Gasteiger charge is 2.15. The molecule has 1 saturated heterocycles. The molecule has 0 radical (unpaired) electrons. The van der Waals surface area contributed by atoms with Gasteiger partial charge in [0.25, 0.3) is 5.91 Å². The molecule has 0 atom stereocenters. The molecule has 0 aliphatic carbocycles. The number of carbonyl (C=O) groups is 1. The molecule has 0 saturated carbocycles. The number of anilines is 2. The number of carbonyl (C=O) groups excluding carboxylic acids is 1. The second-order valence-electron chi connectivity index (χ2n) is 7.95. The number of amides is 1. The predicted octanol–water partition coefficient (Wildman–Crippen LogP) is 4.41. The van der Waals surface area contributed by atoms with Crippen LogP contribution in [0.1, 0.15) is 62.4 Å². The van der Waals surface area contributed by atoms with Crippen LogP contribution in [0.3, 0.4) is 0 Å². The summed E-state index contributed by atoms with van der Waals surface area (Å²) in [5, 5.41) is 2.91. The average Bonchev–Trinajstić information content (AvgIpc) is 2.91. The molecule has 2 aromatic rings. The third-order valence-corrected chi connectivity index (χ3v) is 4.80. The molecule has 5 nitrogen and oxygen atoms in total. The van der Waals surface area contributed by atoms with Gasteiger partial charge in [-0.05, 0) is 36.0 Å². The van der Waals surface area contributed by atoms with Crippen LogP contribution < -0.4 is 10.2 Å². The molecule has 3 rings (SSSR count). The van der Waals surface area contributed by atoms with Crippen LogP contribution in [0, 0.1) is 0 Å². The Labute approximate surface area is 155 Å². The SMILES string of the molecule is CC(C)(C)c1ccc(NC(=O)c2cnc(N3CCCCCC3)nc2)cc1. The summed E-state index contributed by atoms with van der Waals surface area (Å²) >= 11 is 0. The highest BCUT2D eigenvalue weighted by Crippen LogP contribution is 2.23. The first kappa shape index (κ1) is 18.4. The zero-order chi connectivity index (χ0) is 18.6. The maximum absolute atomic E-state index is 12.4. The van der Waals surface area contributed by atoms with Gasteiger partial charge in [0, 0.05) is 31.2 Å². The minimum absolute atomic E-state index is 0.0968. The summed E-state index contributed by atoms with van der Waals surface area (Å²) in [6.07, 6.45) is 8.13. The second-order valence-corrected chi connectivity index (χ2v) is 7.95. The van der Waals surface area contributed by atoms with E-state index in [4.69, 9.17) is 0 Å². The Bertz CT molecular complexity index is 724. The molecule has 0 unspecified atom stereocenters. The molecule has 1 aliphatic rings. The fourth-order valence-corrected chi connectivity index (χ4v) is 3.13. The van der Waals surface area contributed by atoms with E-state index in [1.54, 1.807) is 12.4 Å². The van der Waals surface area contributed by atoms with E-state index < -0.39 is 0 Å². The molecule has 1 aromatic carbocycles. The Balaban J connectivity index is 1.64. The largest absolute Gasteiger partial charge is 0.341 e. The van der Waals surface area contributed by atoms with Crippen LogP contribution in [0.2, 0.25) is 0 Å². The first-order valence-corrected chi connectivity index (χ1v) is 9.42. The number of aromatic nitrogens is 2. The maximum Gasteiger partial charge on any atom is 0.258 e. The van der Waals surface area contributed by atoms with Crippen LogP contribution in [0.15, 0.2) is 36.7 Å². The lowest BCUT2D eigenvalue weighted by molar-refractivity contribution is 0.102. The van der Waals surface area contributed by atoms with Gasteiger partial charge in [-0.2, -0.15) is 0 Å². The van der Waals surface area contributed by atoms with Gasteiger partial charge in [0.05, 0.1) is 5.56 Å². The number of rotatable bonds is 3. The van der Waals surface area contributed by atoms with Crippen molar-refractivity contribution in [2.24, 2.45) is 0 Å². The summed E-state index contributed by atoms with van der Waals surface area (Å²) in [5.74, 6) is 0.536. The lowest BCUT2D eigenvalue weighted by atomic mass is 9.87. The predicted molar refractivity (Wildman–Crippen MR) is 106 cm³/mol. The summed E-state index contributed by atoms with van der Waals surface area (Å²) in [4.78, 5) is 23.5. The second kappa shape index (κ2) is 7.85.